The predicted molar refractivity (Wildman–Crippen MR) is 90.3 cm³/mol. The number of carbonyl (C=O) groups excluding carboxylic acids is 1. The van der Waals surface area contributed by atoms with Crippen molar-refractivity contribution in [3.63, 3.8) is 0 Å². The van der Waals surface area contributed by atoms with Crippen molar-refractivity contribution in [3.8, 4) is 5.75 Å². The fraction of sp³-hybridized carbons (Fsp3) is 0.188. The first-order valence-electron chi connectivity index (χ1n) is 6.48. The lowest BCUT2D eigenvalue weighted by molar-refractivity contribution is -0.123. The summed E-state index contributed by atoms with van der Waals surface area (Å²) < 4.78 is 7.34. The van der Waals surface area contributed by atoms with Crippen LogP contribution >= 0.6 is 31.9 Å². The third-order valence-corrected chi connectivity index (χ3v) is 4.13. The quantitative estimate of drug-likeness (QED) is 0.786. The summed E-state index contributed by atoms with van der Waals surface area (Å²) >= 11 is 6.77. The summed E-state index contributed by atoms with van der Waals surface area (Å²) in [6.45, 7) is 1.93. The Labute approximate surface area is 141 Å². The zero-order valence-electron chi connectivity index (χ0n) is 11.5. The van der Waals surface area contributed by atoms with Crippen molar-refractivity contribution in [2.24, 2.45) is 0 Å². The van der Waals surface area contributed by atoms with Gasteiger partial charge >= 0.3 is 0 Å². The molecule has 0 bridgehead atoms. The summed E-state index contributed by atoms with van der Waals surface area (Å²) in [6.07, 6.45) is 0. The monoisotopic (exact) mass is 411 g/mol. The Morgan fingerprint density at radius 1 is 1.14 bits per heavy atom. The Kier molecular flexibility index (Phi) is 5.82. The van der Waals surface area contributed by atoms with Gasteiger partial charge in [0.1, 0.15) is 5.75 Å². The second-order valence-electron chi connectivity index (χ2n) is 4.56. The minimum atomic E-state index is -0.152. The number of ether oxygens (including phenoxy) is 1. The number of nitrogens with one attached hydrogen (secondary N) is 1. The molecule has 0 aromatic heterocycles. The lowest BCUT2D eigenvalue weighted by atomic mass is 10.1. The topological polar surface area (TPSA) is 38.3 Å². The van der Waals surface area contributed by atoms with Gasteiger partial charge in [0.25, 0.3) is 5.91 Å². The van der Waals surface area contributed by atoms with Crippen LogP contribution in [-0.2, 0) is 4.79 Å². The van der Waals surface area contributed by atoms with Gasteiger partial charge in [-0.1, -0.05) is 40.2 Å². The Bertz CT molecular complexity index is 614. The van der Waals surface area contributed by atoms with E-state index in [9.17, 15) is 4.79 Å². The van der Waals surface area contributed by atoms with Crippen molar-refractivity contribution in [2.45, 2.75) is 13.0 Å². The molecular weight excluding hydrogens is 398 g/mol. The van der Waals surface area contributed by atoms with Crippen molar-refractivity contribution in [1.82, 2.24) is 5.32 Å². The predicted octanol–water partition coefficient (Wildman–Crippen LogP) is 4.47. The van der Waals surface area contributed by atoms with Gasteiger partial charge in [-0.15, -0.1) is 0 Å². The molecule has 0 aliphatic rings. The van der Waals surface area contributed by atoms with Crippen LogP contribution in [0.15, 0.2) is 57.5 Å². The van der Waals surface area contributed by atoms with Crippen LogP contribution in [0.3, 0.4) is 0 Å². The molecule has 0 aliphatic carbocycles. The van der Waals surface area contributed by atoms with E-state index in [1.807, 2.05) is 55.5 Å². The maximum absolute atomic E-state index is 11.9. The van der Waals surface area contributed by atoms with Crippen molar-refractivity contribution < 1.29 is 9.53 Å². The lowest BCUT2D eigenvalue weighted by Crippen LogP contribution is -2.31. The van der Waals surface area contributed by atoms with Crippen LogP contribution in [-0.4, -0.2) is 12.5 Å². The third kappa shape index (κ3) is 4.86. The maximum Gasteiger partial charge on any atom is 0.258 e. The second-order valence-corrected chi connectivity index (χ2v) is 6.33. The smallest absolute Gasteiger partial charge is 0.258 e. The number of para-hydroxylation sites is 1. The summed E-state index contributed by atoms with van der Waals surface area (Å²) in [4.78, 5) is 11.9. The van der Waals surface area contributed by atoms with Gasteiger partial charge in [-0.05, 0) is 52.7 Å². The molecule has 1 atom stereocenters. The first-order chi connectivity index (χ1) is 10.1. The van der Waals surface area contributed by atoms with E-state index in [4.69, 9.17) is 4.74 Å². The zero-order chi connectivity index (χ0) is 15.2. The van der Waals surface area contributed by atoms with Gasteiger partial charge in [0.15, 0.2) is 6.61 Å². The Hall–Kier alpha value is -1.33. The number of halogens is 2. The molecule has 21 heavy (non-hydrogen) atoms. The molecule has 0 radical (unpaired) electrons. The van der Waals surface area contributed by atoms with Crippen LogP contribution < -0.4 is 10.1 Å². The molecule has 2 aromatic carbocycles. The zero-order valence-corrected chi connectivity index (χ0v) is 14.6. The average Bonchev–Trinajstić information content (AvgIpc) is 2.47. The molecule has 0 aliphatic heterocycles. The van der Waals surface area contributed by atoms with Crippen LogP contribution in [0, 0.1) is 0 Å². The van der Waals surface area contributed by atoms with E-state index < -0.39 is 0 Å². The molecule has 110 valence electrons. The van der Waals surface area contributed by atoms with Crippen molar-refractivity contribution >= 4 is 37.8 Å². The molecule has 2 rings (SSSR count). The largest absolute Gasteiger partial charge is 0.483 e. The van der Waals surface area contributed by atoms with Gasteiger partial charge in [-0.25, -0.2) is 0 Å². The standard InChI is InChI=1S/C16H15Br2NO2/c1-11(12-6-8-13(17)9-7-12)19-16(20)10-21-15-5-3-2-4-14(15)18/h2-9,11H,10H2,1H3,(H,19,20)/t11-/m1/s1. The number of rotatable bonds is 5. The highest BCUT2D eigenvalue weighted by molar-refractivity contribution is 9.10. The highest BCUT2D eigenvalue weighted by atomic mass is 79.9. The van der Waals surface area contributed by atoms with E-state index in [0.717, 1.165) is 14.5 Å². The van der Waals surface area contributed by atoms with E-state index in [2.05, 4.69) is 37.2 Å². The van der Waals surface area contributed by atoms with E-state index in [1.165, 1.54) is 0 Å². The summed E-state index contributed by atoms with van der Waals surface area (Å²) in [7, 11) is 0. The summed E-state index contributed by atoms with van der Waals surface area (Å²) in [6, 6.07) is 15.2. The Morgan fingerprint density at radius 3 is 2.48 bits per heavy atom. The molecule has 2 aromatic rings. The van der Waals surface area contributed by atoms with Crippen LogP contribution in [0.25, 0.3) is 0 Å². The van der Waals surface area contributed by atoms with Gasteiger partial charge in [0, 0.05) is 4.47 Å². The van der Waals surface area contributed by atoms with Gasteiger partial charge < -0.3 is 10.1 Å². The highest BCUT2D eigenvalue weighted by Gasteiger charge is 2.10. The fourth-order valence-corrected chi connectivity index (χ4v) is 2.49. The third-order valence-electron chi connectivity index (χ3n) is 2.94. The molecule has 1 N–H and O–H groups in total. The Balaban J connectivity index is 1.87. The van der Waals surface area contributed by atoms with Gasteiger partial charge in [-0.3, -0.25) is 4.79 Å². The molecule has 0 unspecified atom stereocenters. The van der Waals surface area contributed by atoms with E-state index in [1.54, 1.807) is 0 Å². The molecule has 3 nitrogen and oxygen atoms in total. The van der Waals surface area contributed by atoms with Gasteiger partial charge in [0.05, 0.1) is 10.5 Å². The lowest BCUT2D eigenvalue weighted by Gasteiger charge is -2.15. The average molecular weight is 413 g/mol. The summed E-state index contributed by atoms with van der Waals surface area (Å²) in [5, 5.41) is 2.91. The van der Waals surface area contributed by atoms with Crippen LogP contribution in [0.4, 0.5) is 0 Å². The van der Waals surface area contributed by atoms with Gasteiger partial charge in [0.2, 0.25) is 0 Å². The fourth-order valence-electron chi connectivity index (χ4n) is 1.82. The van der Waals surface area contributed by atoms with Gasteiger partial charge in [-0.2, -0.15) is 0 Å². The van der Waals surface area contributed by atoms with E-state index >= 15 is 0 Å². The first-order valence-corrected chi connectivity index (χ1v) is 8.07. The normalized spacial score (nSPS) is 11.8. The van der Waals surface area contributed by atoms with E-state index in [-0.39, 0.29) is 18.6 Å². The minimum absolute atomic E-state index is 0.0104. The molecule has 1 amide bonds. The number of benzene rings is 2. The Morgan fingerprint density at radius 2 is 1.81 bits per heavy atom. The molecule has 0 heterocycles. The highest BCUT2D eigenvalue weighted by Crippen LogP contribution is 2.23. The van der Waals surface area contributed by atoms with Crippen LogP contribution in [0.2, 0.25) is 0 Å². The van der Waals surface area contributed by atoms with Crippen molar-refractivity contribution in [2.75, 3.05) is 6.61 Å². The molecule has 0 saturated carbocycles. The maximum atomic E-state index is 11.9. The SMILES string of the molecule is C[C@@H](NC(=O)COc1ccccc1Br)c1ccc(Br)cc1. The molecule has 0 spiro atoms. The van der Waals surface area contributed by atoms with Crippen molar-refractivity contribution in [1.29, 1.82) is 0 Å². The number of hydrogen-bond acceptors (Lipinski definition) is 2. The molecule has 5 heteroatoms. The summed E-state index contributed by atoms with van der Waals surface area (Å²) in [5.74, 6) is 0.505. The minimum Gasteiger partial charge on any atom is -0.483 e. The van der Waals surface area contributed by atoms with Crippen LogP contribution in [0.1, 0.15) is 18.5 Å². The number of hydrogen-bond donors (Lipinski definition) is 1. The van der Waals surface area contributed by atoms with Crippen LogP contribution in [0.5, 0.6) is 5.75 Å². The number of amides is 1. The van der Waals surface area contributed by atoms with Crippen molar-refractivity contribution in [3.05, 3.63) is 63.0 Å². The second kappa shape index (κ2) is 7.61. The summed E-state index contributed by atoms with van der Waals surface area (Å²) in [5.41, 5.74) is 1.05. The van der Waals surface area contributed by atoms with E-state index in [0.29, 0.717) is 5.75 Å². The molecular formula is C16H15Br2NO2. The number of carbonyl (C=O) groups is 1. The first kappa shape index (κ1) is 16.0. The molecule has 0 saturated heterocycles. The molecule has 0 fully saturated rings.